The summed E-state index contributed by atoms with van der Waals surface area (Å²) in [5.41, 5.74) is 2.02. The molecule has 144 valence electrons. The average Bonchev–Trinajstić information content (AvgIpc) is 3.46. The SMILES string of the molecule is O=C(NCc1ccc(N2CCCC2)nc1)C(Cc1ccccc1)n1cnnn1. The Bertz CT molecular complexity index is 875. The average molecular weight is 377 g/mol. The second-order valence-electron chi connectivity index (χ2n) is 6.93. The molecule has 8 nitrogen and oxygen atoms in total. The molecular formula is C20H23N7O. The van der Waals surface area contributed by atoms with E-state index in [9.17, 15) is 4.79 Å². The van der Waals surface area contributed by atoms with Crippen molar-refractivity contribution in [1.82, 2.24) is 30.5 Å². The number of nitrogens with one attached hydrogen (secondary N) is 1. The topological polar surface area (TPSA) is 88.8 Å². The molecule has 2 aromatic heterocycles. The maximum Gasteiger partial charge on any atom is 0.245 e. The maximum absolute atomic E-state index is 12.8. The van der Waals surface area contributed by atoms with E-state index in [-0.39, 0.29) is 5.91 Å². The van der Waals surface area contributed by atoms with Crippen LogP contribution in [0.25, 0.3) is 0 Å². The number of amides is 1. The van der Waals surface area contributed by atoms with Gasteiger partial charge in [0.2, 0.25) is 5.91 Å². The summed E-state index contributed by atoms with van der Waals surface area (Å²) in [5.74, 6) is 0.878. The third-order valence-electron chi connectivity index (χ3n) is 4.96. The Morgan fingerprint density at radius 1 is 1.07 bits per heavy atom. The highest BCUT2D eigenvalue weighted by molar-refractivity contribution is 5.80. The summed E-state index contributed by atoms with van der Waals surface area (Å²) in [5, 5.41) is 14.3. The molecule has 28 heavy (non-hydrogen) atoms. The van der Waals surface area contributed by atoms with Crippen LogP contribution in [0.3, 0.4) is 0 Å². The van der Waals surface area contributed by atoms with Crippen LogP contribution in [0.4, 0.5) is 5.82 Å². The highest BCUT2D eigenvalue weighted by Crippen LogP contribution is 2.18. The van der Waals surface area contributed by atoms with Crippen LogP contribution in [0.15, 0.2) is 55.0 Å². The summed E-state index contributed by atoms with van der Waals surface area (Å²) in [6.07, 6.45) is 6.26. The summed E-state index contributed by atoms with van der Waals surface area (Å²) < 4.78 is 1.50. The quantitative estimate of drug-likeness (QED) is 0.675. The van der Waals surface area contributed by atoms with Gasteiger partial charge in [-0.25, -0.2) is 9.67 Å². The van der Waals surface area contributed by atoms with Gasteiger partial charge in [0.15, 0.2) is 0 Å². The first-order chi connectivity index (χ1) is 13.8. The Hall–Kier alpha value is -3.29. The van der Waals surface area contributed by atoms with Crippen LogP contribution < -0.4 is 10.2 Å². The molecule has 0 radical (unpaired) electrons. The molecule has 0 spiro atoms. The molecule has 1 saturated heterocycles. The van der Waals surface area contributed by atoms with E-state index in [1.807, 2.05) is 48.7 Å². The predicted octanol–water partition coefficient (Wildman–Crippen LogP) is 1.77. The highest BCUT2D eigenvalue weighted by atomic mass is 16.2. The second kappa shape index (κ2) is 8.60. The van der Waals surface area contributed by atoms with Gasteiger partial charge in [-0.05, 0) is 40.5 Å². The lowest BCUT2D eigenvalue weighted by molar-refractivity contribution is -0.124. The molecule has 8 heteroatoms. The van der Waals surface area contributed by atoms with Crippen molar-refractivity contribution in [3.8, 4) is 0 Å². The molecule has 1 aromatic carbocycles. The molecule has 1 unspecified atom stereocenters. The zero-order valence-corrected chi connectivity index (χ0v) is 15.6. The van der Waals surface area contributed by atoms with Crippen molar-refractivity contribution in [2.24, 2.45) is 0 Å². The fraction of sp³-hybridized carbons (Fsp3) is 0.350. The van der Waals surface area contributed by atoms with E-state index < -0.39 is 6.04 Å². The maximum atomic E-state index is 12.8. The number of aromatic nitrogens is 5. The van der Waals surface area contributed by atoms with Gasteiger partial charge in [-0.15, -0.1) is 5.10 Å². The van der Waals surface area contributed by atoms with Gasteiger partial charge >= 0.3 is 0 Å². The van der Waals surface area contributed by atoms with Crippen molar-refractivity contribution in [1.29, 1.82) is 0 Å². The van der Waals surface area contributed by atoms with Gasteiger partial charge in [0.1, 0.15) is 18.2 Å². The number of hydrogen-bond donors (Lipinski definition) is 1. The van der Waals surface area contributed by atoms with E-state index in [1.54, 1.807) is 0 Å². The van der Waals surface area contributed by atoms with Crippen LogP contribution in [0.5, 0.6) is 0 Å². The third-order valence-corrected chi connectivity index (χ3v) is 4.96. The lowest BCUT2D eigenvalue weighted by Gasteiger charge is -2.18. The van der Waals surface area contributed by atoms with E-state index in [2.05, 4.69) is 30.7 Å². The molecule has 1 fully saturated rings. The first-order valence-corrected chi connectivity index (χ1v) is 9.53. The highest BCUT2D eigenvalue weighted by Gasteiger charge is 2.22. The summed E-state index contributed by atoms with van der Waals surface area (Å²) in [7, 11) is 0. The fourth-order valence-electron chi connectivity index (χ4n) is 3.42. The largest absolute Gasteiger partial charge is 0.357 e. The minimum atomic E-state index is -0.505. The van der Waals surface area contributed by atoms with Crippen molar-refractivity contribution in [2.45, 2.75) is 31.8 Å². The van der Waals surface area contributed by atoms with E-state index in [1.165, 1.54) is 23.9 Å². The standard InChI is InChI=1S/C20H23N7O/c28-20(18(27-15-23-24-25-27)12-16-6-2-1-3-7-16)22-14-17-8-9-19(21-13-17)26-10-4-5-11-26/h1-3,6-9,13,15,18H,4-5,10-12,14H2,(H,22,28). The van der Waals surface area contributed by atoms with Gasteiger partial charge in [0.05, 0.1) is 0 Å². The molecule has 1 aliphatic rings. The normalized spacial score (nSPS) is 14.8. The number of anilines is 1. The van der Waals surface area contributed by atoms with Gasteiger partial charge in [0.25, 0.3) is 0 Å². The van der Waals surface area contributed by atoms with Gasteiger partial charge < -0.3 is 10.2 Å². The van der Waals surface area contributed by atoms with E-state index in [0.29, 0.717) is 13.0 Å². The summed E-state index contributed by atoms with van der Waals surface area (Å²) in [6.45, 7) is 2.55. The molecule has 1 aliphatic heterocycles. The van der Waals surface area contributed by atoms with Gasteiger partial charge in [0, 0.05) is 32.3 Å². The number of nitrogens with zero attached hydrogens (tertiary/aromatic N) is 6. The number of rotatable bonds is 7. The monoisotopic (exact) mass is 377 g/mol. The third kappa shape index (κ3) is 4.33. The Kier molecular flexibility index (Phi) is 5.56. The number of carbonyl (C=O) groups excluding carboxylic acids is 1. The molecule has 1 N–H and O–H groups in total. The summed E-state index contributed by atoms with van der Waals surface area (Å²) in [6, 6.07) is 13.4. The van der Waals surface area contributed by atoms with Crippen molar-refractivity contribution < 1.29 is 4.79 Å². The van der Waals surface area contributed by atoms with Crippen LogP contribution in [0.1, 0.15) is 30.0 Å². The predicted molar refractivity (Wildman–Crippen MR) is 105 cm³/mol. The van der Waals surface area contributed by atoms with Gasteiger partial charge in [-0.3, -0.25) is 4.79 Å². The zero-order chi connectivity index (χ0) is 19.2. The Morgan fingerprint density at radius 2 is 1.89 bits per heavy atom. The summed E-state index contributed by atoms with van der Waals surface area (Å²) in [4.78, 5) is 19.7. The molecule has 0 aliphatic carbocycles. The van der Waals surface area contributed by atoms with Crippen LogP contribution in [0, 0.1) is 0 Å². The number of carbonyl (C=O) groups is 1. The first kappa shape index (κ1) is 18.1. The zero-order valence-electron chi connectivity index (χ0n) is 15.6. The van der Waals surface area contributed by atoms with Crippen molar-refractivity contribution in [3.05, 3.63) is 66.1 Å². The molecule has 0 saturated carbocycles. The minimum Gasteiger partial charge on any atom is -0.357 e. The Morgan fingerprint density at radius 3 is 2.57 bits per heavy atom. The van der Waals surface area contributed by atoms with Gasteiger partial charge in [-0.1, -0.05) is 36.4 Å². The van der Waals surface area contributed by atoms with Crippen molar-refractivity contribution >= 4 is 11.7 Å². The van der Waals surface area contributed by atoms with E-state index in [0.717, 1.165) is 30.0 Å². The van der Waals surface area contributed by atoms with Crippen molar-refractivity contribution in [2.75, 3.05) is 18.0 Å². The molecule has 3 aromatic rings. The molecule has 0 bridgehead atoms. The molecule has 4 rings (SSSR count). The van der Waals surface area contributed by atoms with E-state index >= 15 is 0 Å². The van der Waals surface area contributed by atoms with E-state index in [4.69, 9.17) is 0 Å². The second-order valence-corrected chi connectivity index (χ2v) is 6.93. The molecule has 1 amide bonds. The molecular weight excluding hydrogens is 354 g/mol. The van der Waals surface area contributed by atoms with Crippen molar-refractivity contribution in [3.63, 3.8) is 0 Å². The minimum absolute atomic E-state index is 0.125. The number of tetrazole rings is 1. The Labute approximate surface area is 163 Å². The number of hydrogen-bond acceptors (Lipinski definition) is 6. The molecule has 1 atom stereocenters. The fourth-order valence-corrected chi connectivity index (χ4v) is 3.42. The van der Waals surface area contributed by atoms with Crippen LogP contribution in [0.2, 0.25) is 0 Å². The van der Waals surface area contributed by atoms with Gasteiger partial charge in [-0.2, -0.15) is 0 Å². The lowest BCUT2D eigenvalue weighted by Crippen LogP contribution is -2.34. The number of pyridine rings is 1. The number of benzene rings is 1. The van der Waals surface area contributed by atoms with Crippen LogP contribution >= 0.6 is 0 Å². The Balaban J connectivity index is 1.40. The summed E-state index contributed by atoms with van der Waals surface area (Å²) >= 11 is 0. The van der Waals surface area contributed by atoms with Crippen LogP contribution in [-0.2, 0) is 17.8 Å². The van der Waals surface area contributed by atoms with Crippen LogP contribution in [-0.4, -0.2) is 44.2 Å². The first-order valence-electron chi connectivity index (χ1n) is 9.53. The lowest BCUT2D eigenvalue weighted by atomic mass is 10.1. The smallest absolute Gasteiger partial charge is 0.245 e. The molecule has 3 heterocycles.